The summed E-state index contributed by atoms with van der Waals surface area (Å²) in [5.41, 5.74) is 2.59. The Kier molecular flexibility index (Phi) is 4.63. The molecule has 0 aromatic heterocycles. The Morgan fingerprint density at radius 3 is 2.57 bits per heavy atom. The number of aliphatic hydroxyl groups excluding tert-OH is 1. The Morgan fingerprint density at radius 1 is 1.29 bits per heavy atom. The molecule has 1 rings (SSSR count). The van der Waals surface area contributed by atoms with Gasteiger partial charge in [0.05, 0.1) is 6.73 Å². The van der Waals surface area contributed by atoms with Gasteiger partial charge in [0.2, 0.25) is 0 Å². The number of hydrogen-bond donors (Lipinski definition) is 1. The van der Waals surface area contributed by atoms with Gasteiger partial charge in [-0.05, 0) is 24.5 Å². The summed E-state index contributed by atoms with van der Waals surface area (Å²) in [5.74, 6) is 0. The third-order valence-electron chi connectivity index (χ3n) is 2.40. The van der Waals surface area contributed by atoms with E-state index in [0.717, 1.165) is 19.5 Å². The van der Waals surface area contributed by atoms with E-state index in [4.69, 9.17) is 5.11 Å². The van der Waals surface area contributed by atoms with E-state index in [1.54, 1.807) is 0 Å². The highest BCUT2D eigenvalue weighted by atomic mass is 16.3. The van der Waals surface area contributed by atoms with E-state index in [1.807, 2.05) is 17.0 Å². The predicted molar refractivity (Wildman–Crippen MR) is 59.0 cm³/mol. The van der Waals surface area contributed by atoms with Crippen molar-refractivity contribution in [3.05, 3.63) is 35.4 Å². The molecule has 0 aliphatic heterocycles. The summed E-state index contributed by atoms with van der Waals surface area (Å²) in [6.45, 7) is 6.17. The Labute approximate surface area is 86.2 Å². The molecule has 0 saturated heterocycles. The second-order valence-corrected chi connectivity index (χ2v) is 3.62. The van der Waals surface area contributed by atoms with Gasteiger partial charge in [-0.2, -0.15) is 0 Å². The standard InChI is InChI=1S/C12H19NO/c1-3-8-13(10-14)9-12-7-5-4-6-11(12)2/h4-7,14H,3,8-10H2,1-2H3. The SMILES string of the molecule is CCCN(CO)Cc1ccccc1C. The summed E-state index contributed by atoms with van der Waals surface area (Å²) in [6, 6.07) is 8.32. The van der Waals surface area contributed by atoms with Crippen molar-refractivity contribution in [2.45, 2.75) is 26.8 Å². The Balaban J connectivity index is 2.62. The van der Waals surface area contributed by atoms with Crippen LogP contribution >= 0.6 is 0 Å². The fourth-order valence-electron chi connectivity index (χ4n) is 1.54. The molecule has 1 N–H and O–H groups in total. The van der Waals surface area contributed by atoms with Crippen LogP contribution < -0.4 is 0 Å². The Hall–Kier alpha value is -0.860. The first kappa shape index (κ1) is 11.2. The molecule has 0 saturated carbocycles. The van der Waals surface area contributed by atoms with Gasteiger partial charge in [-0.25, -0.2) is 0 Å². The maximum atomic E-state index is 9.14. The summed E-state index contributed by atoms with van der Waals surface area (Å²) in [4.78, 5) is 2.04. The first-order valence-corrected chi connectivity index (χ1v) is 5.15. The van der Waals surface area contributed by atoms with E-state index in [-0.39, 0.29) is 6.73 Å². The molecule has 0 aliphatic rings. The average molecular weight is 193 g/mol. The van der Waals surface area contributed by atoms with Crippen LogP contribution in [-0.4, -0.2) is 23.3 Å². The van der Waals surface area contributed by atoms with Gasteiger partial charge in [0.25, 0.3) is 0 Å². The third-order valence-corrected chi connectivity index (χ3v) is 2.40. The van der Waals surface area contributed by atoms with Crippen molar-refractivity contribution in [3.63, 3.8) is 0 Å². The molecule has 1 aromatic rings. The zero-order valence-electron chi connectivity index (χ0n) is 9.03. The van der Waals surface area contributed by atoms with Crippen molar-refractivity contribution >= 4 is 0 Å². The second-order valence-electron chi connectivity index (χ2n) is 3.62. The molecule has 0 amide bonds. The minimum atomic E-state index is 0.141. The topological polar surface area (TPSA) is 23.5 Å². The van der Waals surface area contributed by atoms with Crippen molar-refractivity contribution in [2.24, 2.45) is 0 Å². The van der Waals surface area contributed by atoms with Crippen molar-refractivity contribution in [1.29, 1.82) is 0 Å². The highest BCUT2D eigenvalue weighted by Crippen LogP contribution is 2.10. The van der Waals surface area contributed by atoms with Crippen LogP contribution in [0.1, 0.15) is 24.5 Å². The number of hydrogen-bond acceptors (Lipinski definition) is 2. The van der Waals surface area contributed by atoms with E-state index >= 15 is 0 Å². The van der Waals surface area contributed by atoms with Crippen LogP contribution in [0.15, 0.2) is 24.3 Å². The second kappa shape index (κ2) is 5.78. The van der Waals surface area contributed by atoms with Gasteiger partial charge >= 0.3 is 0 Å². The normalized spacial score (nSPS) is 10.9. The van der Waals surface area contributed by atoms with Crippen molar-refractivity contribution in [1.82, 2.24) is 4.90 Å². The van der Waals surface area contributed by atoms with Crippen molar-refractivity contribution in [2.75, 3.05) is 13.3 Å². The molecule has 2 heteroatoms. The summed E-state index contributed by atoms with van der Waals surface area (Å²) in [7, 11) is 0. The number of aliphatic hydroxyl groups is 1. The predicted octanol–water partition coefficient (Wildman–Crippen LogP) is 2.16. The quantitative estimate of drug-likeness (QED) is 0.724. The van der Waals surface area contributed by atoms with E-state index < -0.39 is 0 Å². The minimum Gasteiger partial charge on any atom is -0.381 e. The molecule has 0 heterocycles. The van der Waals surface area contributed by atoms with Gasteiger partial charge in [-0.3, -0.25) is 4.90 Å². The van der Waals surface area contributed by atoms with Crippen molar-refractivity contribution < 1.29 is 5.11 Å². The monoisotopic (exact) mass is 193 g/mol. The molecular weight excluding hydrogens is 174 g/mol. The third kappa shape index (κ3) is 3.13. The lowest BCUT2D eigenvalue weighted by Gasteiger charge is -2.19. The van der Waals surface area contributed by atoms with Gasteiger partial charge in [0, 0.05) is 13.1 Å². The van der Waals surface area contributed by atoms with Gasteiger partial charge in [0.1, 0.15) is 0 Å². The Morgan fingerprint density at radius 2 is 2.00 bits per heavy atom. The molecule has 0 unspecified atom stereocenters. The fraction of sp³-hybridized carbons (Fsp3) is 0.500. The first-order chi connectivity index (χ1) is 6.77. The van der Waals surface area contributed by atoms with Gasteiger partial charge < -0.3 is 5.11 Å². The van der Waals surface area contributed by atoms with E-state index in [2.05, 4.69) is 26.0 Å². The van der Waals surface area contributed by atoms with Gasteiger partial charge in [0.15, 0.2) is 0 Å². The first-order valence-electron chi connectivity index (χ1n) is 5.15. The maximum absolute atomic E-state index is 9.14. The zero-order valence-corrected chi connectivity index (χ0v) is 9.03. The van der Waals surface area contributed by atoms with E-state index in [0.29, 0.717) is 0 Å². The number of benzene rings is 1. The van der Waals surface area contributed by atoms with Crippen LogP contribution in [0.5, 0.6) is 0 Å². The van der Waals surface area contributed by atoms with Crippen LogP contribution in [0.4, 0.5) is 0 Å². The van der Waals surface area contributed by atoms with Crippen LogP contribution in [0, 0.1) is 6.92 Å². The summed E-state index contributed by atoms with van der Waals surface area (Å²) in [6.07, 6.45) is 1.08. The van der Waals surface area contributed by atoms with Crippen LogP contribution in [-0.2, 0) is 6.54 Å². The fourth-order valence-corrected chi connectivity index (χ4v) is 1.54. The lowest BCUT2D eigenvalue weighted by atomic mass is 10.1. The summed E-state index contributed by atoms with van der Waals surface area (Å²) in [5, 5.41) is 9.14. The molecule has 0 aliphatic carbocycles. The molecule has 14 heavy (non-hydrogen) atoms. The molecule has 0 fully saturated rings. The molecule has 78 valence electrons. The van der Waals surface area contributed by atoms with E-state index in [9.17, 15) is 0 Å². The van der Waals surface area contributed by atoms with Gasteiger partial charge in [-0.1, -0.05) is 31.2 Å². The minimum absolute atomic E-state index is 0.141. The van der Waals surface area contributed by atoms with Crippen LogP contribution in [0.25, 0.3) is 0 Å². The molecule has 2 nitrogen and oxygen atoms in total. The lowest BCUT2D eigenvalue weighted by Crippen LogP contribution is -2.25. The van der Waals surface area contributed by atoms with Crippen LogP contribution in [0.3, 0.4) is 0 Å². The number of aryl methyl sites for hydroxylation is 1. The van der Waals surface area contributed by atoms with Gasteiger partial charge in [-0.15, -0.1) is 0 Å². The molecule has 0 atom stereocenters. The summed E-state index contributed by atoms with van der Waals surface area (Å²) >= 11 is 0. The van der Waals surface area contributed by atoms with Crippen molar-refractivity contribution in [3.8, 4) is 0 Å². The molecular formula is C12H19NO. The molecule has 0 radical (unpaired) electrons. The Bertz CT molecular complexity index is 273. The van der Waals surface area contributed by atoms with Crippen LogP contribution in [0.2, 0.25) is 0 Å². The molecule has 1 aromatic carbocycles. The molecule has 0 spiro atoms. The lowest BCUT2D eigenvalue weighted by molar-refractivity contribution is 0.101. The maximum Gasteiger partial charge on any atom is 0.0959 e. The average Bonchev–Trinajstić information content (AvgIpc) is 2.20. The highest BCUT2D eigenvalue weighted by Gasteiger charge is 2.04. The smallest absolute Gasteiger partial charge is 0.0959 e. The highest BCUT2D eigenvalue weighted by molar-refractivity contribution is 5.25. The van der Waals surface area contributed by atoms with E-state index in [1.165, 1.54) is 11.1 Å². The zero-order chi connectivity index (χ0) is 10.4. The molecule has 0 bridgehead atoms. The summed E-state index contributed by atoms with van der Waals surface area (Å²) < 4.78 is 0. The number of rotatable bonds is 5. The number of nitrogens with zero attached hydrogens (tertiary/aromatic N) is 1. The largest absolute Gasteiger partial charge is 0.381 e.